The molecule has 0 saturated heterocycles. The minimum Gasteiger partial charge on any atom is -0.496 e. The van der Waals surface area contributed by atoms with Gasteiger partial charge in [0.05, 0.1) is 7.11 Å². The number of hydrogen-bond acceptors (Lipinski definition) is 2. The van der Waals surface area contributed by atoms with Crippen molar-refractivity contribution in [3.05, 3.63) is 29.8 Å². The monoisotopic (exact) mass is 289 g/mol. The third-order valence-corrected chi connectivity index (χ3v) is 4.66. The van der Waals surface area contributed by atoms with Gasteiger partial charge in [0.25, 0.3) is 0 Å². The van der Waals surface area contributed by atoms with E-state index in [0.29, 0.717) is 12.0 Å². The van der Waals surface area contributed by atoms with Gasteiger partial charge in [0.2, 0.25) is 0 Å². The molecule has 0 bridgehead atoms. The molecule has 2 rings (SSSR count). The average Bonchev–Trinajstić information content (AvgIpc) is 2.49. The van der Waals surface area contributed by atoms with Gasteiger partial charge in [0.15, 0.2) is 5.96 Å². The highest BCUT2D eigenvalue weighted by molar-refractivity contribution is 5.79. The Morgan fingerprint density at radius 1 is 1.29 bits per heavy atom. The van der Waals surface area contributed by atoms with Crippen molar-refractivity contribution in [3.63, 3.8) is 0 Å². The van der Waals surface area contributed by atoms with E-state index in [1.165, 1.54) is 25.7 Å². The van der Waals surface area contributed by atoms with E-state index >= 15 is 0 Å². The number of guanidine groups is 1. The van der Waals surface area contributed by atoms with E-state index in [-0.39, 0.29) is 0 Å². The average molecular weight is 289 g/mol. The zero-order valence-electron chi connectivity index (χ0n) is 13.4. The van der Waals surface area contributed by atoms with Crippen LogP contribution >= 0.6 is 0 Å². The first-order valence-corrected chi connectivity index (χ1v) is 7.79. The Morgan fingerprint density at radius 3 is 2.62 bits per heavy atom. The van der Waals surface area contributed by atoms with Crippen molar-refractivity contribution >= 4 is 5.96 Å². The summed E-state index contributed by atoms with van der Waals surface area (Å²) in [6.45, 7) is 4.00. The van der Waals surface area contributed by atoms with Gasteiger partial charge < -0.3 is 15.4 Å². The molecule has 0 radical (unpaired) electrons. The highest BCUT2D eigenvalue weighted by Crippen LogP contribution is 2.42. The maximum Gasteiger partial charge on any atom is 0.191 e. The van der Waals surface area contributed by atoms with Crippen LogP contribution in [0, 0.1) is 5.41 Å². The van der Waals surface area contributed by atoms with Gasteiger partial charge in [0.1, 0.15) is 5.75 Å². The molecular formula is C17H27N3O. The molecule has 0 aromatic heterocycles. The van der Waals surface area contributed by atoms with Crippen molar-refractivity contribution in [1.29, 1.82) is 0 Å². The summed E-state index contributed by atoms with van der Waals surface area (Å²) in [5.74, 6) is 1.77. The zero-order chi connectivity index (χ0) is 15.1. The van der Waals surface area contributed by atoms with Crippen molar-refractivity contribution in [2.75, 3.05) is 20.7 Å². The summed E-state index contributed by atoms with van der Waals surface area (Å²) in [5, 5.41) is 6.83. The first kappa shape index (κ1) is 15.7. The lowest BCUT2D eigenvalue weighted by Gasteiger charge is -2.41. The summed E-state index contributed by atoms with van der Waals surface area (Å²) in [6.07, 6.45) is 5.27. The summed E-state index contributed by atoms with van der Waals surface area (Å²) in [6, 6.07) is 8.05. The van der Waals surface area contributed by atoms with Crippen LogP contribution in [0.25, 0.3) is 0 Å². The summed E-state index contributed by atoms with van der Waals surface area (Å²) in [7, 11) is 3.52. The summed E-state index contributed by atoms with van der Waals surface area (Å²) in [4.78, 5) is 4.31. The number of methoxy groups -OCH3 is 1. The van der Waals surface area contributed by atoms with Crippen molar-refractivity contribution in [2.24, 2.45) is 10.4 Å². The van der Waals surface area contributed by atoms with Crippen molar-refractivity contribution in [1.82, 2.24) is 10.6 Å². The Kier molecular flexibility index (Phi) is 5.48. The van der Waals surface area contributed by atoms with E-state index in [2.05, 4.69) is 28.6 Å². The molecule has 4 nitrogen and oxygen atoms in total. The number of nitrogens with zero attached hydrogens (tertiary/aromatic N) is 1. The van der Waals surface area contributed by atoms with E-state index in [1.807, 2.05) is 25.2 Å². The molecule has 0 amide bonds. The second-order valence-electron chi connectivity index (χ2n) is 5.80. The van der Waals surface area contributed by atoms with Crippen molar-refractivity contribution in [3.8, 4) is 5.75 Å². The van der Waals surface area contributed by atoms with Gasteiger partial charge in [-0.25, -0.2) is 0 Å². The number of nitrogens with one attached hydrogen (secondary N) is 2. The van der Waals surface area contributed by atoms with Crippen LogP contribution in [0.5, 0.6) is 5.75 Å². The first-order chi connectivity index (χ1) is 10.2. The Bertz CT molecular complexity index is 475. The maximum absolute atomic E-state index is 5.37. The second-order valence-corrected chi connectivity index (χ2v) is 5.80. The normalized spacial score (nSPS) is 17.0. The lowest BCUT2D eigenvalue weighted by Crippen LogP contribution is -2.46. The second kappa shape index (κ2) is 7.34. The summed E-state index contributed by atoms with van der Waals surface area (Å²) < 4.78 is 5.37. The fraction of sp³-hybridized carbons (Fsp3) is 0.588. The number of aliphatic imine (C=N–C) groups is 1. The number of rotatable bonds is 6. The molecule has 0 spiro atoms. The highest BCUT2D eigenvalue weighted by Gasteiger charge is 2.34. The predicted molar refractivity (Wildman–Crippen MR) is 87.8 cm³/mol. The molecule has 1 aliphatic rings. The van der Waals surface area contributed by atoms with Gasteiger partial charge >= 0.3 is 0 Å². The third-order valence-electron chi connectivity index (χ3n) is 4.66. The molecular weight excluding hydrogens is 262 g/mol. The number of benzene rings is 1. The smallest absolute Gasteiger partial charge is 0.191 e. The molecule has 0 atom stereocenters. The zero-order valence-corrected chi connectivity index (χ0v) is 13.4. The Hall–Kier alpha value is -1.71. The quantitative estimate of drug-likeness (QED) is 0.625. The molecule has 1 aromatic rings. The molecule has 1 aromatic carbocycles. The minimum atomic E-state index is 0.488. The van der Waals surface area contributed by atoms with Gasteiger partial charge in [-0.15, -0.1) is 0 Å². The molecule has 1 aliphatic carbocycles. The predicted octanol–water partition coefficient (Wildman–Crippen LogP) is 2.94. The molecule has 0 unspecified atom stereocenters. The lowest BCUT2D eigenvalue weighted by molar-refractivity contribution is 0.131. The number of hydrogen-bond donors (Lipinski definition) is 2. The van der Waals surface area contributed by atoms with Crippen LogP contribution in [0.2, 0.25) is 0 Å². The van der Waals surface area contributed by atoms with E-state index < -0.39 is 0 Å². The fourth-order valence-electron chi connectivity index (χ4n) is 2.85. The summed E-state index contributed by atoms with van der Waals surface area (Å²) in [5.41, 5.74) is 1.62. The fourth-order valence-corrected chi connectivity index (χ4v) is 2.85. The van der Waals surface area contributed by atoms with E-state index in [1.54, 1.807) is 7.11 Å². The Labute approximate surface area is 128 Å². The van der Waals surface area contributed by atoms with Crippen LogP contribution in [0.15, 0.2) is 29.3 Å². The SMILES string of the molecule is CCC1(CNC(=NC)NCc2ccccc2OC)CCC1. The highest BCUT2D eigenvalue weighted by atomic mass is 16.5. The molecule has 21 heavy (non-hydrogen) atoms. The lowest BCUT2D eigenvalue weighted by atomic mass is 9.67. The molecule has 116 valence electrons. The molecule has 0 heterocycles. The largest absolute Gasteiger partial charge is 0.496 e. The van der Waals surface area contributed by atoms with Crippen LogP contribution in [-0.4, -0.2) is 26.7 Å². The van der Waals surface area contributed by atoms with Crippen LogP contribution in [-0.2, 0) is 6.54 Å². The van der Waals surface area contributed by atoms with Gasteiger partial charge in [-0.3, -0.25) is 4.99 Å². The van der Waals surface area contributed by atoms with Gasteiger partial charge in [-0.05, 0) is 30.7 Å². The van der Waals surface area contributed by atoms with E-state index in [9.17, 15) is 0 Å². The van der Waals surface area contributed by atoms with Crippen LogP contribution < -0.4 is 15.4 Å². The number of ether oxygens (including phenoxy) is 1. The van der Waals surface area contributed by atoms with Gasteiger partial charge in [-0.1, -0.05) is 31.5 Å². The number of para-hydroxylation sites is 1. The minimum absolute atomic E-state index is 0.488. The molecule has 1 saturated carbocycles. The third kappa shape index (κ3) is 3.90. The standard InChI is InChI=1S/C17H27N3O/c1-4-17(10-7-11-17)13-20-16(18-2)19-12-14-8-5-6-9-15(14)21-3/h5-6,8-9H,4,7,10-13H2,1-3H3,(H2,18,19,20). The van der Waals surface area contributed by atoms with Gasteiger partial charge in [0, 0.05) is 25.7 Å². The topological polar surface area (TPSA) is 45.7 Å². The Morgan fingerprint density at radius 2 is 2.05 bits per heavy atom. The van der Waals surface area contributed by atoms with Crippen molar-refractivity contribution < 1.29 is 4.74 Å². The first-order valence-electron chi connectivity index (χ1n) is 7.79. The van der Waals surface area contributed by atoms with Crippen molar-refractivity contribution in [2.45, 2.75) is 39.2 Å². The van der Waals surface area contributed by atoms with E-state index in [0.717, 1.165) is 23.8 Å². The molecule has 2 N–H and O–H groups in total. The van der Waals surface area contributed by atoms with Crippen LogP contribution in [0.4, 0.5) is 0 Å². The van der Waals surface area contributed by atoms with Crippen LogP contribution in [0.1, 0.15) is 38.2 Å². The Balaban J connectivity index is 1.85. The van der Waals surface area contributed by atoms with Crippen LogP contribution in [0.3, 0.4) is 0 Å². The molecule has 0 aliphatic heterocycles. The van der Waals surface area contributed by atoms with Gasteiger partial charge in [-0.2, -0.15) is 0 Å². The molecule has 4 heteroatoms. The van der Waals surface area contributed by atoms with E-state index in [4.69, 9.17) is 4.74 Å². The summed E-state index contributed by atoms with van der Waals surface area (Å²) >= 11 is 0. The molecule has 1 fully saturated rings. The maximum atomic E-state index is 5.37.